The van der Waals surface area contributed by atoms with Crippen LogP contribution in [0.1, 0.15) is 39.2 Å². The van der Waals surface area contributed by atoms with Gasteiger partial charge >= 0.3 is 5.97 Å². The van der Waals surface area contributed by atoms with Crippen molar-refractivity contribution in [2.24, 2.45) is 4.99 Å². The number of nitrogens with zero attached hydrogens (tertiary/aromatic N) is 1. The van der Waals surface area contributed by atoms with Gasteiger partial charge < -0.3 is 14.2 Å². The molecule has 1 aromatic heterocycles. The van der Waals surface area contributed by atoms with Crippen molar-refractivity contribution in [3.8, 4) is 11.5 Å². The van der Waals surface area contributed by atoms with Gasteiger partial charge in [-0.2, -0.15) is 0 Å². The Morgan fingerprint density at radius 2 is 1.88 bits per heavy atom. The number of rotatable bonds is 5. The van der Waals surface area contributed by atoms with Crippen LogP contribution < -0.4 is 9.47 Å². The lowest BCUT2D eigenvalue weighted by molar-refractivity contribution is 0.0601. The molecule has 0 radical (unpaired) electrons. The number of benzene rings is 1. The number of esters is 1. The summed E-state index contributed by atoms with van der Waals surface area (Å²) in [5.41, 5.74) is 2.61. The number of carbonyl (C=O) groups is 1. The average Bonchev–Trinajstić information content (AvgIpc) is 3.03. The molecule has 0 unspecified atom stereocenters. The molecule has 132 valence electrons. The highest BCUT2D eigenvalue weighted by Gasteiger charge is 2.25. The second-order valence-electron chi connectivity index (χ2n) is 5.76. The molecule has 0 aliphatic heterocycles. The van der Waals surface area contributed by atoms with Crippen molar-refractivity contribution in [1.82, 2.24) is 0 Å². The molecule has 3 rings (SSSR count). The zero-order chi connectivity index (χ0) is 17.8. The largest absolute Gasteiger partial charge is 0.493 e. The lowest BCUT2D eigenvalue weighted by Crippen LogP contribution is -2.07. The summed E-state index contributed by atoms with van der Waals surface area (Å²) in [6.45, 7) is 0. The molecule has 0 N–H and O–H groups in total. The number of aryl methyl sites for hydroxylation is 1. The molecule has 5 nitrogen and oxygen atoms in total. The zero-order valence-electron chi connectivity index (χ0n) is 14.6. The highest BCUT2D eigenvalue weighted by molar-refractivity contribution is 7.16. The molecule has 0 saturated heterocycles. The predicted molar refractivity (Wildman–Crippen MR) is 99.1 cm³/mol. The second-order valence-corrected chi connectivity index (χ2v) is 6.84. The first-order valence-corrected chi connectivity index (χ1v) is 8.98. The highest BCUT2D eigenvalue weighted by atomic mass is 32.1. The van der Waals surface area contributed by atoms with Gasteiger partial charge in [0.1, 0.15) is 5.00 Å². The molecule has 2 aromatic rings. The van der Waals surface area contributed by atoms with E-state index in [0.29, 0.717) is 22.1 Å². The fourth-order valence-corrected chi connectivity index (χ4v) is 4.24. The van der Waals surface area contributed by atoms with Crippen LogP contribution in [-0.4, -0.2) is 33.5 Å². The van der Waals surface area contributed by atoms with Crippen molar-refractivity contribution in [2.45, 2.75) is 25.7 Å². The molecular weight excluding hydrogens is 338 g/mol. The van der Waals surface area contributed by atoms with Crippen molar-refractivity contribution >= 4 is 28.5 Å². The van der Waals surface area contributed by atoms with Crippen LogP contribution in [0, 0.1) is 0 Å². The Hall–Kier alpha value is -2.34. The van der Waals surface area contributed by atoms with Crippen LogP contribution in [0.2, 0.25) is 0 Å². The fourth-order valence-electron chi connectivity index (χ4n) is 3.02. The van der Waals surface area contributed by atoms with E-state index < -0.39 is 0 Å². The Morgan fingerprint density at radius 1 is 1.12 bits per heavy atom. The predicted octanol–water partition coefficient (Wildman–Crippen LogP) is 4.18. The maximum absolute atomic E-state index is 12.2. The van der Waals surface area contributed by atoms with Crippen molar-refractivity contribution in [2.75, 3.05) is 21.3 Å². The van der Waals surface area contributed by atoms with Gasteiger partial charge in [-0.15, -0.1) is 11.3 Å². The number of hydrogen-bond donors (Lipinski definition) is 0. The van der Waals surface area contributed by atoms with Crippen LogP contribution >= 0.6 is 11.3 Å². The molecule has 6 heteroatoms. The molecule has 25 heavy (non-hydrogen) atoms. The Kier molecular flexibility index (Phi) is 5.38. The summed E-state index contributed by atoms with van der Waals surface area (Å²) in [6.07, 6.45) is 5.93. The second kappa shape index (κ2) is 7.70. The Labute approximate surface area is 151 Å². The third-order valence-corrected chi connectivity index (χ3v) is 5.48. The van der Waals surface area contributed by atoms with Gasteiger partial charge in [-0.05, 0) is 55.0 Å². The van der Waals surface area contributed by atoms with E-state index in [0.717, 1.165) is 36.8 Å². The quantitative estimate of drug-likeness (QED) is 0.593. The molecule has 0 saturated carbocycles. The van der Waals surface area contributed by atoms with Crippen LogP contribution in [-0.2, 0) is 17.6 Å². The van der Waals surface area contributed by atoms with E-state index in [1.165, 1.54) is 12.0 Å². The molecule has 1 aromatic carbocycles. The Balaban J connectivity index is 1.96. The summed E-state index contributed by atoms with van der Waals surface area (Å²) < 4.78 is 15.5. The summed E-state index contributed by atoms with van der Waals surface area (Å²) >= 11 is 1.59. The summed E-state index contributed by atoms with van der Waals surface area (Å²) in [7, 11) is 4.61. The average molecular weight is 359 g/mol. The molecule has 1 aliphatic carbocycles. The van der Waals surface area contributed by atoms with E-state index in [1.54, 1.807) is 31.8 Å². The maximum atomic E-state index is 12.2. The van der Waals surface area contributed by atoms with Crippen LogP contribution in [0.5, 0.6) is 11.5 Å². The monoisotopic (exact) mass is 359 g/mol. The molecule has 0 amide bonds. The van der Waals surface area contributed by atoms with Crippen LogP contribution in [0.15, 0.2) is 23.2 Å². The van der Waals surface area contributed by atoms with Crippen molar-refractivity contribution in [3.05, 3.63) is 39.8 Å². The number of aliphatic imine (C=N–C) groups is 1. The molecule has 0 bridgehead atoms. The Bertz CT molecular complexity index is 810. The third kappa shape index (κ3) is 3.54. The summed E-state index contributed by atoms with van der Waals surface area (Å²) in [4.78, 5) is 18.1. The topological polar surface area (TPSA) is 57.1 Å². The molecule has 0 fully saturated rings. The lowest BCUT2D eigenvalue weighted by Gasteiger charge is -2.11. The smallest absolute Gasteiger partial charge is 0.341 e. The Morgan fingerprint density at radius 3 is 2.60 bits per heavy atom. The van der Waals surface area contributed by atoms with Crippen molar-refractivity contribution in [3.63, 3.8) is 0 Å². The number of hydrogen-bond acceptors (Lipinski definition) is 6. The summed E-state index contributed by atoms with van der Waals surface area (Å²) in [5, 5.41) is 0.716. The van der Waals surface area contributed by atoms with E-state index in [4.69, 9.17) is 14.2 Å². The first kappa shape index (κ1) is 17.5. The third-order valence-electron chi connectivity index (χ3n) is 4.28. The first-order valence-electron chi connectivity index (χ1n) is 8.17. The number of thiophene rings is 1. The molecular formula is C19H21NO4S. The van der Waals surface area contributed by atoms with E-state index in [2.05, 4.69) is 4.99 Å². The maximum Gasteiger partial charge on any atom is 0.341 e. The SMILES string of the molecule is COC(=O)c1c(N=Cc2ccc(OC)c(OC)c2)sc2c1CCCC2. The van der Waals surface area contributed by atoms with Gasteiger partial charge in [0.25, 0.3) is 0 Å². The first-order chi connectivity index (χ1) is 12.2. The normalized spacial score (nSPS) is 13.6. The number of carbonyl (C=O) groups excluding carboxylic acids is 1. The summed E-state index contributed by atoms with van der Waals surface area (Å²) in [6, 6.07) is 5.59. The zero-order valence-corrected chi connectivity index (χ0v) is 15.4. The fraction of sp³-hybridized carbons (Fsp3) is 0.368. The minimum absolute atomic E-state index is 0.307. The van der Waals surface area contributed by atoms with Crippen LogP contribution in [0.4, 0.5) is 5.00 Å². The van der Waals surface area contributed by atoms with E-state index in [-0.39, 0.29) is 5.97 Å². The van der Waals surface area contributed by atoms with E-state index in [9.17, 15) is 4.79 Å². The van der Waals surface area contributed by atoms with Gasteiger partial charge in [0.15, 0.2) is 11.5 Å². The van der Waals surface area contributed by atoms with E-state index in [1.807, 2.05) is 18.2 Å². The van der Waals surface area contributed by atoms with Crippen LogP contribution in [0.3, 0.4) is 0 Å². The van der Waals surface area contributed by atoms with Gasteiger partial charge in [-0.3, -0.25) is 0 Å². The molecule has 1 heterocycles. The minimum atomic E-state index is -0.307. The molecule has 1 aliphatic rings. The van der Waals surface area contributed by atoms with Gasteiger partial charge in [0.05, 0.1) is 26.9 Å². The van der Waals surface area contributed by atoms with Gasteiger partial charge in [-0.25, -0.2) is 9.79 Å². The van der Waals surface area contributed by atoms with Gasteiger partial charge in [0, 0.05) is 11.1 Å². The number of fused-ring (bicyclic) bond motifs is 1. The molecule has 0 atom stereocenters. The molecule has 0 spiro atoms. The standard InChI is InChI=1S/C19H21NO4S/c1-22-14-9-8-12(10-15(14)23-2)11-20-18-17(19(21)24-3)13-6-4-5-7-16(13)25-18/h8-11H,4-7H2,1-3H3. The van der Waals surface area contributed by atoms with Crippen LogP contribution in [0.25, 0.3) is 0 Å². The highest BCUT2D eigenvalue weighted by Crippen LogP contribution is 2.40. The minimum Gasteiger partial charge on any atom is -0.493 e. The summed E-state index contributed by atoms with van der Waals surface area (Å²) in [5.74, 6) is 1.01. The van der Waals surface area contributed by atoms with E-state index >= 15 is 0 Å². The number of ether oxygens (including phenoxy) is 3. The van der Waals surface area contributed by atoms with Crippen molar-refractivity contribution in [1.29, 1.82) is 0 Å². The van der Waals surface area contributed by atoms with Gasteiger partial charge in [-0.1, -0.05) is 0 Å². The lowest BCUT2D eigenvalue weighted by atomic mass is 9.95. The van der Waals surface area contributed by atoms with Gasteiger partial charge in [0.2, 0.25) is 0 Å². The number of methoxy groups -OCH3 is 3. The van der Waals surface area contributed by atoms with Crippen molar-refractivity contribution < 1.29 is 19.0 Å².